The first kappa shape index (κ1) is 45.9. The Hall–Kier alpha value is -2.66. The predicted octanol–water partition coefficient (Wildman–Crippen LogP) is 8.22. The molecule has 1 aromatic rings. The van der Waals surface area contributed by atoms with Crippen molar-refractivity contribution in [1.82, 2.24) is 14.8 Å². The van der Waals surface area contributed by atoms with Crippen molar-refractivity contribution in [2.45, 2.75) is 145 Å². The maximum Gasteiger partial charge on any atom is 0.309 e. The molecule has 2 N–H and O–H groups in total. The van der Waals surface area contributed by atoms with E-state index in [9.17, 15) is 24.6 Å². The van der Waals surface area contributed by atoms with E-state index < -0.39 is 28.9 Å². The highest BCUT2D eigenvalue weighted by Crippen LogP contribution is 2.77. The molecular weight excluding hydrogens is 743 g/mol. The van der Waals surface area contributed by atoms with Crippen molar-refractivity contribution >= 4 is 17.7 Å². The van der Waals surface area contributed by atoms with Crippen LogP contribution in [-0.2, 0) is 30.4 Å². The molecule has 2 unspecified atom stereocenters. The van der Waals surface area contributed by atoms with Crippen LogP contribution in [0.1, 0.15) is 132 Å². The molecule has 4 fully saturated rings. The van der Waals surface area contributed by atoms with Crippen LogP contribution in [0.2, 0.25) is 0 Å². The van der Waals surface area contributed by atoms with Gasteiger partial charge in [-0.3, -0.25) is 24.3 Å². The molecule has 0 bridgehead atoms. The van der Waals surface area contributed by atoms with Gasteiger partial charge in [0.2, 0.25) is 0 Å². The Labute approximate surface area is 355 Å². The zero-order valence-corrected chi connectivity index (χ0v) is 38.4. The summed E-state index contributed by atoms with van der Waals surface area (Å²) in [4.78, 5) is 48.6. The van der Waals surface area contributed by atoms with Gasteiger partial charge >= 0.3 is 11.9 Å². The maximum absolute atomic E-state index is 14.4. The summed E-state index contributed by atoms with van der Waals surface area (Å²) in [6.45, 7) is 23.9. The molecule has 6 rings (SSSR count). The van der Waals surface area contributed by atoms with Gasteiger partial charge in [0, 0.05) is 63.3 Å². The average molecular weight is 820 g/mol. The summed E-state index contributed by atoms with van der Waals surface area (Å²) >= 11 is 0. The van der Waals surface area contributed by atoms with Gasteiger partial charge < -0.3 is 24.6 Å². The number of allylic oxidation sites excluding steroid dienone is 1. The number of rotatable bonds is 16. The molecule has 1 heterocycles. The van der Waals surface area contributed by atoms with Crippen LogP contribution < -0.4 is 0 Å². The number of aliphatic carboxylic acids is 1. The second kappa shape index (κ2) is 16.9. The van der Waals surface area contributed by atoms with Gasteiger partial charge in [-0.05, 0) is 130 Å². The lowest BCUT2D eigenvalue weighted by Gasteiger charge is -2.72. The second-order valence-electron chi connectivity index (χ2n) is 21.9. The van der Waals surface area contributed by atoms with Crippen molar-refractivity contribution in [2.75, 3.05) is 46.9 Å². The molecule has 0 saturated heterocycles. The predicted molar refractivity (Wildman–Crippen MR) is 230 cm³/mol. The van der Waals surface area contributed by atoms with Gasteiger partial charge in [-0.15, -0.1) is 0 Å². The second-order valence-corrected chi connectivity index (χ2v) is 21.9. The summed E-state index contributed by atoms with van der Waals surface area (Å²) in [7, 11) is 3.84. The fourth-order valence-electron chi connectivity index (χ4n) is 14.0. The number of ketones is 1. The van der Waals surface area contributed by atoms with Crippen molar-refractivity contribution in [3.63, 3.8) is 0 Å². The molecule has 0 aliphatic heterocycles. The van der Waals surface area contributed by atoms with E-state index in [0.717, 1.165) is 82.3 Å². The van der Waals surface area contributed by atoms with Crippen molar-refractivity contribution < 1.29 is 34.1 Å². The van der Waals surface area contributed by atoms with Crippen LogP contribution in [0, 0.1) is 56.2 Å². The molecule has 4 saturated carbocycles. The lowest BCUT2D eigenvalue weighted by Crippen LogP contribution is -2.66. The van der Waals surface area contributed by atoms with Crippen LogP contribution in [0.25, 0.3) is 0 Å². The summed E-state index contributed by atoms with van der Waals surface area (Å²) < 4.78 is 11.5. The number of hydrogen-bond donors (Lipinski definition) is 2. The van der Waals surface area contributed by atoms with E-state index in [1.54, 1.807) is 21.0 Å². The number of methoxy groups -OCH3 is 1. The number of Topliss-reactive ketones (excluding diaryl/α,β-unsaturated/α-hetero) is 1. The summed E-state index contributed by atoms with van der Waals surface area (Å²) in [6.07, 6.45) is 8.88. The van der Waals surface area contributed by atoms with Crippen molar-refractivity contribution in [1.29, 1.82) is 0 Å². The molecule has 0 spiro atoms. The van der Waals surface area contributed by atoms with E-state index >= 15 is 0 Å². The number of aliphatic hydroxyl groups excluding tert-OH is 1. The van der Waals surface area contributed by atoms with Crippen LogP contribution >= 0.6 is 0 Å². The molecule has 330 valence electrons. The molecule has 0 aromatic carbocycles. The fourth-order valence-corrected chi connectivity index (χ4v) is 14.0. The highest BCUT2D eigenvalue weighted by molar-refractivity contribution is 6.00. The van der Waals surface area contributed by atoms with E-state index in [2.05, 4.69) is 76.4 Å². The first-order valence-corrected chi connectivity index (χ1v) is 22.8. The number of carboxylic acids is 1. The summed E-state index contributed by atoms with van der Waals surface area (Å²) in [6, 6.07) is 6.01. The van der Waals surface area contributed by atoms with Gasteiger partial charge in [0.1, 0.15) is 6.10 Å². The Morgan fingerprint density at radius 1 is 0.949 bits per heavy atom. The lowest BCUT2D eigenvalue weighted by molar-refractivity contribution is -0.235. The highest BCUT2D eigenvalue weighted by atomic mass is 16.5. The third kappa shape index (κ3) is 8.11. The standard InChI is InChI=1S/C49H77N3O7/c1-32(2)41-35(53)28-49(38(54)31-52(25-24-51(10)26-27-58-11)30-33-14-12-13-23-50-33)22-21-47(8)34(42(41)49)15-16-37-46(7)19-18-39(59-40(55)29-44(3,4)43(56)57)45(5,6)36(46)17-20-48(37,47)9/h12-14,23,32,34,36-39,54H,15-22,24-31H2,1-11H3,(H,56,57)/t34-,36-,37-,38?,39+,46+,47-,48-,49?/m1/s1. The van der Waals surface area contributed by atoms with Gasteiger partial charge in [-0.1, -0.05) is 60.1 Å². The van der Waals surface area contributed by atoms with E-state index in [1.807, 2.05) is 18.3 Å². The Kier molecular flexibility index (Phi) is 13.1. The summed E-state index contributed by atoms with van der Waals surface area (Å²) in [5.74, 6) is -0.0378. The Morgan fingerprint density at radius 2 is 1.68 bits per heavy atom. The van der Waals surface area contributed by atoms with Gasteiger partial charge in [-0.2, -0.15) is 0 Å². The first-order valence-electron chi connectivity index (χ1n) is 22.8. The van der Waals surface area contributed by atoms with Gasteiger partial charge in [0.25, 0.3) is 0 Å². The monoisotopic (exact) mass is 820 g/mol. The largest absolute Gasteiger partial charge is 0.481 e. The first-order chi connectivity index (χ1) is 27.6. The van der Waals surface area contributed by atoms with Crippen molar-refractivity contribution in [3.05, 3.63) is 41.2 Å². The number of carbonyl (C=O) groups excluding carboxylic acids is 2. The van der Waals surface area contributed by atoms with E-state index in [1.165, 1.54) is 5.57 Å². The van der Waals surface area contributed by atoms with E-state index in [0.29, 0.717) is 38.0 Å². The molecule has 0 radical (unpaired) electrons. The van der Waals surface area contributed by atoms with Gasteiger partial charge in [0.15, 0.2) is 5.78 Å². The molecule has 10 heteroatoms. The van der Waals surface area contributed by atoms with Crippen LogP contribution in [-0.4, -0.2) is 102 Å². The summed E-state index contributed by atoms with van der Waals surface area (Å²) in [5.41, 5.74) is 1.29. The molecule has 5 aliphatic carbocycles. The van der Waals surface area contributed by atoms with E-state index in [4.69, 9.17) is 9.47 Å². The molecule has 5 aliphatic rings. The van der Waals surface area contributed by atoms with Crippen LogP contribution in [0.3, 0.4) is 0 Å². The number of carboxylic acid groups (broad SMARTS) is 1. The molecule has 1 aromatic heterocycles. The average Bonchev–Trinajstić information content (AvgIpc) is 3.48. The molecule has 59 heavy (non-hydrogen) atoms. The quantitative estimate of drug-likeness (QED) is 0.158. The smallest absolute Gasteiger partial charge is 0.309 e. The van der Waals surface area contributed by atoms with Gasteiger partial charge in [-0.25, -0.2) is 0 Å². The Bertz CT molecular complexity index is 1740. The number of aliphatic hydroxyl groups is 1. The number of esters is 1. The number of carbonyl (C=O) groups is 3. The third-order valence-electron chi connectivity index (χ3n) is 17.5. The number of fused-ring (bicyclic) bond motifs is 7. The topological polar surface area (TPSA) is 130 Å². The Balaban J connectivity index is 1.27. The molecule has 9 atom stereocenters. The van der Waals surface area contributed by atoms with Crippen molar-refractivity contribution in [3.8, 4) is 0 Å². The molecule has 0 amide bonds. The number of aromatic nitrogens is 1. The maximum atomic E-state index is 14.4. The fraction of sp³-hybridized carbons (Fsp3) is 0.796. The number of likely N-dealkylation sites (N-methyl/N-ethyl adjacent to an activating group) is 1. The number of hydrogen-bond acceptors (Lipinski definition) is 9. The van der Waals surface area contributed by atoms with Crippen LogP contribution in [0.4, 0.5) is 0 Å². The van der Waals surface area contributed by atoms with Crippen molar-refractivity contribution in [2.24, 2.45) is 56.2 Å². The number of pyridine rings is 1. The normalized spacial score (nSPS) is 34.7. The Morgan fingerprint density at radius 3 is 2.32 bits per heavy atom. The van der Waals surface area contributed by atoms with E-state index in [-0.39, 0.29) is 51.8 Å². The minimum absolute atomic E-state index is 0.0297. The number of nitrogens with zero attached hydrogens (tertiary/aromatic N) is 3. The lowest BCUT2D eigenvalue weighted by atomic mass is 9.33. The number of ether oxygens (including phenoxy) is 2. The zero-order valence-electron chi connectivity index (χ0n) is 38.4. The molecular formula is C49H77N3O7. The van der Waals surface area contributed by atoms with Gasteiger partial charge in [0.05, 0.1) is 30.2 Å². The molecule has 10 nitrogen and oxygen atoms in total. The minimum Gasteiger partial charge on any atom is -0.481 e. The highest BCUT2D eigenvalue weighted by Gasteiger charge is 2.71. The minimum atomic E-state index is -1.17. The SMILES string of the molecule is COCCN(C)CCN(Cc1ccccn1)CC(O)C12CC[C@]3(C)[C@H](CC[C@@H]4[C@@]5(C)CC[C@H](OC(=O)CC(C)(C)C(=O)O)C(C)(C)[C@H]5CC[C@]43C)C1=C(C(C)C)C(=O)C2. The summed E-state index contributed by atoms with van der Waals surface area (Å²) in [5, 5.41) is 22.4. The van der Waals surface area contributed by atoms with Crippen LogP contribution in [0.5, 0.6) is 0 Å². The third-order valence-corrected chi connectivity index (χ3v) is 17.5. The van der Waals surface area contributed by atoms with Crippen LogP contribution in [0.15, 0.2) is 35.5 Å². The zero-order chi connectivity index (χ0) is 43.3.